The fourth-order valence-corrected chi connectivity index (χ4v) is 3.24. The average molecular weight is 412 g/mol. The fraction of sp³-hybridized carbons (Fsp3) is 0.273. The monoisotopic (exact) mass is 412 g/mol. The first-order valence-electron chi connectivity index (χ1n) is 9.45. The topological polar surface area (TPSA) is 92.8 Å². The fourth-order valence-electron chi connectivity index (χ4n) is 3.24. The molecular formula is C22H21FN2O5. The molecule has 0 saturated heterocycles. The minimum Gasteiger partial charge on any atom is -0.454 e. The zero-order valence-corrected chi connectivity index (χ0v) is 16.6. The minimum absolute atomic E-state index is 0.0604. The maximum absolute atomic E-state index is 13.6. The maximum Gasteiger partial charge on any atom is 0.330 e. The largest absolute Gasteiger partial charge is 0.454 e. The molecule has 0 fully saturated rings. The Balaban J connectivity index is 1.63. The van der Waals surface area contributed by atoms with Gasteiger partial charge in [-0.25, -0.2) is 9.18 Å². The van der Waals surface area contributed by atoms with E-state index in [0.29, 0.717) is 5.56 Å². The third-order valence-corrected chi connectivity index (χ3v) is 4.76. The molecule has 0 radical (unpaired) electrons. The van der Waals surface area contributed by atoms with Gasteiger partial charge in [0.15, 0.2) is 6.61 Å². The molecule has 2 aromatic carbocycles. The van der Waals surface area contributed by atoms with Gasteiger partial charge in [0, 0.05) is 12.1 Å². The summed E-state index contributed by atoms with van der Waals surface area (Å²) in [4.78, 5) is 50.9. The van der Waals surface area contributed by atoms with Crippen molar-refractivity contribution >= 4 is 23.7 Å². The summed E-state index contributed by atoms with van der Waals surface area (Å²) in [6, 6.07) is 11.1. The van der Waals surface area contributed by atoms with Crippen LogP contribution < -0.4 is 5.32 Å². The molecule has 30 heavy (non-hydrogen) atoms. The number of carbonyl (C=O) groups excluding carboxylic acids is 4. The van der Waals surface area contributed by atoms with Gasteiger partial charge in [-0.3, -0.25) is 19.3 Å². The molecule has 0 saturated carbocycles. The van der Waals surface area contributed by atoms with Gasteiger partial charge < -0.3 is 10.1 Å². The summed E-state index contributed by atoms with van der Waals surface area (Å²) in [7, 11) is 0. The Labute approximate surface area is 172 Å². The van der Waals surface area contributed by atoms with Crippen LogP contribution in [0.5, 0.6) is 0 Å². The molecule has 0 aliphatic carbocycles. The molecule has 1 heterocycles. The van der Waals surface area contributed by atoms with Crippen molar-refractivity contribution in [3.63, 3.8) is 0 Å². The summed E-state index contributed by atoms with van der Waals surface area (Å²) in [5, 5.41) is 2.46. The van der Waals surface area contributed by atoms with E-state index in [1.807, 2.05) is 0 Å². The molecule has 3 amide bonds. The summed E-state index contributed by atoms with van der Waals surface area (Å²) in [6.45, 7) is 2.68. The van der Waals surface area contributed by atoms with Gasteiger partial charge >= 0.3 is 5.97 Å². The van der Waals surface area contributed by atoms with Crippen molar-refractivity contribution < 1.29 is 28.3 Å². The van der Waals surface area contributed by atoms with Crippen LogP contribution in [0.15, 0.2) is 48.5 Å². The summed E-state index contributed by atoms with van der Waals surface area (Å²) in [5.41, 5.74) is 0.746. The lowest BCUT2D eigenvalue weighted by Gasteiger charge is -2.27. The van der Waals surface area contributed by atoms with E-state index in [4.69, 9.17) is 4.74 Å². The number of imide groups is 1. The van der Waals surface area contributed by atoms with Gasteiger partial charge in [0.2, 0.25) is 0 Å². The van der Waals surface area contributed by atoms with Crippen LogP contribution in [0.3, 0.4) is 0 Å². The molecule has 3 rings (SSSR count). The predicted molar refractivity (Wildman–Crippen MR) is 105 cm³/mol. The molecule has 0 aromatic heterocycles. The van der Waals surface area contributed by atoms with Gasteiger partial charge in [-0.05, 0) is 24.1 Å². The number of esters is 1. The van der Waals surface area contributed by atoms with E-state index in [1.54, 1.807) is 32.0 Å². The van der Waals surface area contributed by atoms with Gasteiger partial charge in [0.1, 0.15) is 11.9 Å². The Morgan fingerprint density at radius 3 is 2.13 bits per heavy atom. The molecule has 8 heteroatoms. The second-order valence-corrected chi connectivity index (χ2v) is 7.19. The second-order valence-electron chi connectivity index (χ2n) is 7.19. The van der Waals surface area contributed by atoms with Gasteiger partial charge in [-0.2, -0.15) is 0 Å². The number of halogens is 1. The standard InChI is InChI=1S/C22H21FN2O5/c1-13(2)19(25-20(27)15-8-4-5-9-16(15)21(25)28)22(29)30-12-18(26)24-11-14-7-3-6-10-17(14)23/h3-10,13,19H,11-12H2,1-2H3,(H,24,26)/t19-/m0/s1. The number of hydrogen-bond acceptors (Lipinski definition) is 5. The van der Waals surface area contributed by atoms with Crippen LogP contribution in [0, 0.1) is 11.7 Å². The van der Waals surface area contributed by atoms with E-state index in [2.05, 4.69) is 5.32 Å². The molecule has 7 nitrogen and oxygen atoms in total. The van der Waals surface area contributed by atoms with Crippen LogP contribution in [-0.4, -0.2) is 41.2 Å². The van der Waals surface area contributed by atoms with E-state index >= 15 is 0 Å². The van der Waals surface area contributed by atoms with Crippen LogP contribution in [-0.2, 0) is 20.9 Å². The Morgan fingerprint density at radius 1 is 1.00 bits per heavy atom. The summed E-state index contributed by atoms with van der Waals surface area (Å²) in [6.07, 6.45) is 0. The van der Waals surface area contributed by atoms with E-state index in [0.717, 1.165) is 4.90 Å². The highest BCUT2D eigenvalue weighted by atomic mass is 19.1. The smallest absolute Gasteiger partial charge is 0.330 e. The molecule has 156 valence electrons. The van der Waals surface area contributed by atoms with E-state index in [1.165, 1.54) is 30.3 Å². The Kier molecular flexibility index (Phi) is 6.25. The SMILES string of the molecule is CC(C)[C@@H](C(=O)OCC(=O)NCc1ccccc1F)N1C(=O)c2ccccc2C1=O. The number of hydrogen-bond donors (Lipinski definition) is 1. The van der Waals surface area contributed by atoms with E-state index < -0.39 is 48.1 Å². The third-order valence-electron chi connectivity index (χ3n) is 4.76. The lowest BCUT2D eigenvalue weighted by Crippen LogP contribution is -2.49. The quantitative estimate of drug-likeness (QED) is 0.557. The first-order valence-corrected chi connectivity index (χ1v) is 9.45. The van der Waals surface area contributed by atoms with Crippen molar-refractivity contribution in [3.05, 3.63) is 71.0 Å². The molecule has 0 spiro atoms. The van der Waals surface area contributed by atoms with Crippen LogP contribution >= 0.6 is 0 Å². The number of benzene rings is 2. The van der Waals surface area contributed by atoms with Crippen LogP contribution in [0.2, 0.25) is 0 Å². The first kappa shape index (κ1) is 21.2. The number of fused-ring (bicyclic) bond motifs is 1. The zero-order chi connectivity index (χ0) is 21.8. The number of rotatable bonds is 7. The zero-order valence-electron chi connectivity index (χ0n) is 16.6. The highest BCUT2D eigenvalue weighted by molar-refractivity contribution is 6.22. The van der Waals surface area contributed by atoms with Gasteiger partial charge in [0.05, 0.1) is 11.1 Å². The van der Waals surface area contributed by atoms with Crippen LogP contribution in [0.1, 0.15) is 40.1 Å². The molecule has 2 aromatic rings. The molecule has 1 atom stereocenters. The normalized spacial score (nSPS) is 13.9. The number of carbonyl (C=O) groups is 4. The molecule has 0 bridgehead atoms. The van der Waals surface area contributed by atoms with Crippen molar-refractivity contribution in [2.24, 2.45) is 5.92 Å². The molecule has 1 N–H and O–H groups in total. The number of nitrogens with one attached hydrogen (secondary N) is 1. The van der Waals surface area contributed by atoms with E-state index in [-0.39, 0.29) is 17.7 Å². The van der Waals surface area contributed by atoms with Crippen LogP contribution in [0.4, 0.5) is 4.39 Å². The van der Waals surface area contributed by atoms with Crippen molar-refractivity contribution in [2.75, 3.05) is 6.61 Å². The van der Waals surface area contributed by atoms with Crippen molar-refractivity contribution in [1.29, 1.82) is 0 Å². The number of nitrogens with zero attached hydrogens (tertiary/aromatic N) is 1. The first-order chi connectivity index (χ1) is 14.3. The molecular weight excluding hydrogens is 391 g/mol. The van der Waals surface area contributed by atoms with E-state index in [9.17, 15) is 23.6 Å². The van der Waals surface area contributed by atoms with Crippen LogP contribution in [0.25, 0.3) is 0 Å². The Morgan fingerprint density at radius 2 is 1.57 bits per heavy atom. The van der Waals surface area contributed by atoms with Crippen molar-refractivity contribution in [3.8, 4) is 0 Å². The Hall–Kier alpha value is -3.55. The predicted octanol–water partition coefficient (Wildman–Crippen LogP) is 2.31. The summed E-state index contributed by atoms with van der Waals surface area (Å²) >= 11 is 0. The molecule has 1 aliphatic heterocycles. The number of ether oxygens (including phenoxy) is 1. The lowest BCUT2D eigenvalue weighted by atomic mass is 10.0. The average Bonchev–Trinajstić information content (AvgIpc) is 2.97. The minimum atomic E-state index is -1.17. The summed E-state index contributed by atoms with van der Waals surface area (Å²) < 4.78 is 18.7. The maximum atomic E-state index is 13.6. The lowest BCUT2D eigenvalue weighted by molar-refractivity contribution is -0.153. The third kappa shape index (κ3) is 4.22. The Bertz CT molecular complexity index is 970. The highest BCUT2D eigenvalue weighted by Crippen LogP contribution is 2.27. The second kappa shape index (κ2) is 8.86. The molecule has 0 unspecified atom stereocenters. The van der Waals surface area contributed by atoms with Gasteiger partial charge in [0.25, 0.3) is 17.7 Å². The van der Waals surface area contributed by atoms with Gasteiger partial charge in [-0.15, -0.1) is 0 Å². The molecule has 1 aliphatic rings. The number of amides is 3. The summed E-state index contributed by atoms with van der Waals surface area (Å²) in [5.74, 6) is -3.52. The van der Waals surface area contributed by atoms with Crippen molar-refractivity contribution in [2.45, 2.75) is 26.4 Å². The highest BCUT2D eigenvalue weighted by Gasteiger charge is 2.44. The van der Waals surface area contributed by atoms with Crippen molar-refractivity contribution in [1.82, 2.24) is 10.2 Å². The van der Waals surface area contributed by atoms with Gasteiger partial charge in [-0.1, -0.05) is 44.2 Å².